The molecule has 4 nitrogen and oxygen atoms in total. The van der Waals surface area contributed by atoms with E-state index in [0.29, 0.717) is 11.9 Å². The molecule has 2 heterocycles. The van der Waals surface area contributed by atoms with Crippen molar-refractivity contribution in [2.24, 2.45) is 0 Å². The number of nitrogens with one attached hydrogen (secondary N) is 1. The lowest BCUT2D eigenvalue weighted by Crippen LogP contribution is -2.47. The topological polar surface area (TPSA) is 35.6 Å². The first-order valence-electron chi connectivity index (χ1n) is 7.40. The second-order valence-electron chi connectivity index (χ2n) is 5.85. The third-order valence-corrected chi connectivity index (χ3v) is 4.23. The van der Waals surface area contributed by atoms with Crippen molar-refractivity contribution in [1.82, 2.24) is 15.1 Å². The summed E-state index contributed by atoms with van der Waals surface area (Å²) in [5.41, 5.74) is 0. The fourth-order valence-electron chi connectivity index (χ4n) is 3.04. The minimum atomic E-state index is -0.0171. The van der Waals surface area contributed by atoms with Crippen molar-refractivity contribution in [1.29, 1.82) is 0 Å². The fraction of sp³-hybridized carbons (Fsp3) is 0.929. The molecule has 2 aliphatic rings. The largest absolute Gasteiger partial charge is 0.341 e. The van der Waals surface area contributed by atoms with Gasteiger partial charge in [-0.3, -0.25) is 4.79 Å². The SMILES string of the molecule is CC(NC1CCCN(C)CC1)C(=O)N1CCCC1. The summed E-state index contributed by atoms with van der Waals surface area (Å²) in [6, 6.07) is 0.494. The highest BCUT2D eigenvalue weighted by Gasteiger charge is 2.25. The molecule has 0 saturated carbocycles. The van der Waals surface area contributed by atoms with Crippen molar-refractivity contribution in [3.63, 3.8) is 0 Å². The Morgan fingerprint density at radius 3 is 2.56 bits per heavy atom. The van der Waals surface area contributed by atoms with Crippen LogP contribution in [0.2, 0.25) is 0 Å². The predicted octanol–water partition coefficient (Wildman–Crippen LogP) is 1.07. The van der Waals surface area contributed by atoms with Crippen LogP contribution in [0.4, 0.5) is 0 Å². The Labute approximate surface area is 111 Å². The van der Waals surface area contributed by atoms with E-state index in [4.69, 9.17) is 0 Å². The van der Waals surface area contributed by atoms with E-state index in [-0.39, 0.29) is 6.04 Å². The van der Waals surface area contributed by atoms with Crippen LogP contribution in [0.5, 0.6) is 0 Å². The molecule has 1 amide bonds. The molecular formula is C14H27N3O. The first kappa shape index (κ1) is 13.8. The maximum atomic E-state index is 12.2. The molecular weight excluding hydrogens is 226 g/mol. The van der Waals surface area contributed by atoms with Gasteiger partial charge in [0, 0.05) is 19.1 Å². The zero-order valence-electron chi connectivity index (χ0n) is 11.8. The van der Waals surface area contributed by atoms with Gasteiger partial charge < -0.3 is 15.1 Å². The third-order valence-electron chi connectivity index (χ3n) is 4.23. The van der Waals surface area contributed by atoms with E-state index in [1.54, 1.807) is 0 Å². The standard InChI is InChI=1S/C14H27N3O/c1-12(14(18)17-9-3-4-10-17)15-13-6-5-8-16(2)11-7-13/h12-13,15H,3-11H2,1-2H3. The van der Waals surface area contributed by atoms with E-state index >= 15 is 0 Å². The van der Waals surface area contributed by atoms with Crippen LogP contribution < -0.4 is 5.32 Å². The summed E-state index contributed by atoms with van der Waals surface area (Å²) >= 11 is 0. The molecule has 0 aromatic carbocycles. The zero-order valence-corrected chi connectivity index (χ0v) is 11.8. The summed E-state index contributed by atoms with van der Waals surface area (Å²) in [4.78, 5) is 16.6. The maximum absolute atomic E-state index is 12.2. The van der Waals surface area contributed by atoms with Crippen LogP contribution in [0, 0.1) is 0 Å². The average Bonchev–Trinajstić information content (AvgIpc) is 2.81. The Bertz CT molecular complexity index is 276. The summed E-state index contributed by atoms with van der Waals surface area (Å²) in [5, 5.41) is 3.54. The summed E-state index contributed by atoms with van der Waals surface area (Å²) in [6.07, 6.45) is 5.94. The molecule has 0 aromatic heterocycles. The van der Waals surface area contributed by atoms with Gasteiger partial charge in [-0.25, -0.2) is 0 Å². The smallest absolute Gasteiger partial charge is 0.239 e. The first-order valence-corrected chi connectivity index (χ1v) is 7.40. The van der Waals surface area contributed by atoms with Crippen LogP contribution >= 0.6 is 0 Å². The van der Waals surface area contributed by atoms with Gasteiger partial charge in [-0.1, -0.05) is 0 Å². The Balaban J connectivity index is 1.78. The van der Waals surface area contributed by atoms with Crippen molar-refractivity contribution >= 4 is 5.91 Å². The molecule has 2 fully saturated rings. The van der Waals surface area contributed by atoms with Gasteiger partial charge in [0.15, 0.2) is 0 Å². The number of amides is 1. The van der Waals surface area contributed by atoms with Crippen molar-refractivity contribution < 1.29 is 4.79 Å². The van der Waals surface area contributed by atoms with Crippen LogP contribution in [0.25, 0.3) is 0 Å². The van der Waals surface area contributed by atoms with Crippen molar-refractivity contribution in [3.05, 3.63) is 0 Å². The second kappa shape index (κ2) is 6.53. The van der Waals surface area contributed by atoms with E-state index < -0.39 is 0 Å². The molecule has 2 rings (SSSR count). The van der Waals surface area contributed by atoms with Crippen LogP contribution in [-0.4, -0.2) is 61.0 Å². The number of likely N-dealkylation sites (tertiary alicyclic amines) is 2. The van der Waals surface area contributed by atoms with Gasteiger partial charge in [-0.15, -0.1) is 0 Å². The predicted molar refractivity (Wildman–Crippen MR) is 73.5 cm³/mol. The van der Waals surface area contributed by atoms with E-state index in [1.165, 1.54) is 32.2 Å². The quantitative estimate of drug-likeness (QED) is 0.817. The van der Waals surface area contributed by atoms with Gasteiger partial charge in [0.25, 0.3) is 0 Å². The van der Waals surface area contributed by atoms with Crippen molar-refractivity contribution in [3.8, 4) is 0 Å². The van der Waals surface area contributed by atoms with Gasteiger partial charge in [0.2, 0.25) is 5.91 Å². The normalized spacial score (nSPS) is 28.1. The molecule has 2 atom stereocenters. The van der Waals surface area contributed by atoms with Gasteiger partial charge in [0.05, 0.1) is 6.04 Å². The second-order valence-corrected chi connectivity index (χ2v) is 5.85. The van der Waals surface area contributed by atoms with Gasteiger partial charge in [-0.05, 0) is 59.2 Å². The molecule has 18 heavy (non-hydrogen) atoms. The van der Waals surface area contributed by atoms with Crippen molar-refractivity contribution in [2.45, 2.75) is 51.1 Å². The molecule has 0 aromatic rings. The molecule has 0 spiro atoms. The number of hydrogen-bond acceptors (Lipinski definition) is 3. The summed E-state index contributed by atoms with van der Waals surface area (Å²) in [5.74, 6) is 0.296. The third kappa shape index (κ3) is 3.69. The molecule has 4 heteroatoms. The molecule has 104 valence electrons. The minimum absolute atomic E-state index is 0.0171. The van der Waals surface area contributed by atoms with Gasteiger partial charge in [0.1, 0.15) is 0 Å². The summed E-state index contributed by atoms with van der Waals surface area (Å²) in [6.45, 7) is 6.26. The van der Waals surface area contributed by atoms with Gasteiger partial charge in [-0.2, -0.15) is 0 Å². The average molecular weight is 253 g/mol. The first-order chi connectivity index (χ1) is 8.66. The molecule has 2 saturated heterocycles. The molecule has 1 N–H and O–H groups in total. The van der Waals surface area contributed by atoms with E-state index in [9.17, 15) is 4.79 Å². The minimum Gasteiger partial charge on any atom is -0.341 e. The fourth-order valence-corrected chi connectivity index (χ4v) is 3.04. The molecule has 0 radical (unpaired) electrons. The van der Waals surface area contributed by atoms with Crippen LogP contribution in [-0.2, 0) is 4.79 Å². The molecule has 2 unspecified atom stereocenters. The van der Waals surface area contributed by atoms with Gasteiger partial charge >= 0.3 is 0 Å². The van der Waals surface area contributed by atoms with Crippen molar-refractivity contribution in [2.75, 3.05) is 33.2 Å². The highest BCUT2D eigenvalue weighted by atomic mass is 16.2. The molecule has 2 aliphatic heterocycles. The lowest BCUT2D eigenvalue weighted by Gasteiger charge is -2.25. The Morgan fingerprint density at radius 1 is 1.11 bits per heavy atom. The van der Waals surface area contributed by atoms with E-state index in [2.05, 4.69) is 17.3 Å². The lowest BCUT2D eigenvalue weighted by atomic mass is 10.1. The number of nitrogens with zero attached hydrogens (tertiary/aromatic N) is 2. The number of carbonyl (C=O) groups is 1. The Morgan fingerprint density at radius 2 is 1.83 bits per heavy atom. The summed E-state index contributed by atoms with van der Waals surface area (Å²) < 4.78 is 0. The Kier molecular flexibility index (Phi) is 5.01. The molecule has 0 bridgehead atoms. The number of hydrogen-bond donors (Lipinski definition) is 1. The Hall–Kier alpha value is -0.610. The highest BCUT2D eigenvalue weighted by molar-refractivity contribution is 5.81. The number of rotatable bonds is 3. The highest BCUT2D eigenvalue weighted by Crippen LogP contribution is 2.13. The molecule has 0 aliphatic carbocycles. The van der Waals surface area contributed by atoms with E-state index in [0.717, 1.165) is 26.1 Å². The van der Waals surface area contributed by atoms with E-state index in [1.807, 2.05) is 11.8 Å². The number of carbonyl (C=O) groups excluding carboxylic acids is 1. The van der Waals surface area contributed by atoms with Crippen LogP contribution in [0.3, 0.4) is 0 Å². The maximum Gasteiger partial charge on any atom is 0.239 e. The summed E-state index contributed by atoms with van der Waals surface area (Å²) in [7, 11) is 2.18. The van der Waals surface area contributed by atoms with Crippen LogP contribution in [0.15, 0.2) is 0 Å². The van der Waals surface area contributed by atoms with Crippen LogP contribution in [0.1, 0.15) is 39.0 Å². The monoisotopic (exact) mass is 253 g/mol. The zero-order chi connectivity index (χ0) is 13.0. The lowest BCUT2D eigenvalue weighted by molar-refractivity contribution is -0.132.